The molecular formula is C56H86N8O11P+. The molecule has 20 heteroatoms. The summed E-state index contributed by atoms with van der Waals surface area (Å²) < 4.78 is 41.9. The number of phosphoric acid groups is 1. The molecule has 0 spiro atoms. The van der Waals surface area contributed by atoms with Gasteiger partial charge in [-0.3, -0.25) is 28.3 Å². The lowest BCUT2D eigenvalue weighted by atomic mass is 10.0. The van der Waals surface area contributed by atoms with E-state index >= 15 is 0 Å². The van der Waals surface area contributed by atoms with Crippen LogP contribution in [0.1, 0.15) is 158 Å². The van der Waals surface area contributed by atoms with Gasteiger partial charge in [0.1, 0.15) is 37.2 Å². The van der Waals surface area contributed by atoms with Crippen molar-refractivity contribution >= 4 is 60.1 Å². The average Bonchev–Trinajstić information content (AvgIpc) is 3.71. The van der Waals surface area contributed by atoms with Crippen molar-refractivity contribution in [2.24, 2.45) is 17.8 Å². The third-order valence-corrected chi connectivity index (χ3v) is 13.6. The summed E-state index contributed by atoms with van der Waals surface area (Å²) in [6.07, 6.45) is 19.0. The molecule has 0 fully saturated rings. The molecule has 2 atom stereocenters. The van der Waals surface area contributed by atoms with Gasteiger partial charge in [-0.15, -0.1) is 0 Å². The number of likely N-dealkylation sites (N-methyl/N-ethyl adjacent to an activating group) is 1. The number of esters is 2. The maximum atomic E-state index is 14.3. The predicted octanol–water partition coefficient (Wildman–Crippen LogP) is 10.8. The number of amides is 2. The number of pyridine rings is 1. The van der Waals surface area contributed by atoms with Crippen molar-refractivity contribution < 1.29 is 56.4 Å². The molecule has 2 aromatic carbocycles. The molecule has 0 radical (unpaired) electrons. The first-order valence-corrected chi connectivity index (χ1v) is 28.8. The minimum atomic E-state index is -4.54. The van der Waals surface area contributed by atoms with Crippen LogP contribution in [0.5, 0.6) is 0 Å². The number of hydrogen-bond acceptors (Lipinski definition) is 13. The van der Waals surface area contributed by atoms with E-state index in [0.29, 0.717) is 52.3 Å². The van der Waals surface area contributed by atoms with Gasteiger partial charge in [-0.05, 0) is 67.4 Å². The van der Waals surface area contributed by atoms with Crippen LogP contribution in [-0.4, -0.2) is 120 Å². The first kappa shape index (κ1) is 62.8. The second-order valence-electron chi connectivity index (χ2n) is 20.2. The number of amidine groups is 1. The molecule has 2 aromatic heterocycles. The zero-order valence-corrected chi connectivity index (χ0v) is 46.9. The summed E-state index contributed by atoms with van der Waals surface area (Å²) in [6.45, 7) is 4.13. The fourth-order valence-corrected chi connectivity index (χ4v) is 8.82. The zero-order valence-electron chi connectivity index (χ0n) is 46.1. The number of rotatable bonds is 38. The van der Waals surface area contributed by atoms with Gasteiger partial charge >= 0.3 is 25.9 Å². The summed E-state index contributed by atoms with van der Waals surface area (Å²) in [7, 11) is 3.07. The number of carbonyl (C=O) groups excluding carboxylic acids is 4. The van der Waals surface area contributed by atoms with Crippen LogP contribution in [0, 0.1) is 0 Å². The number of ether oxygens (including phenoxy) is 3. The molecular weight excluding hydrogens is 992 g/mol. The first-order valence-electron chi connectivity index (χ1n) is 27.3. The summed E-state index contributed by atoms with van der Waals surface area (Å²) in [5, 5.41) is 3.34. The van der Waals surface area contributed by atoms with Gasteiger partial charge in [-0.1, -0.05) is 116 Å². The fraction of sp³-hybridized carbons (Fsp3) is 0.589. The Bertz CT molecular complexity index is 2450. The van der Waals surface area contributed by atoms with E-state index in [2.05, 4.69) is 22.2 Å². The van der Waals surface area contributed by atoms with Crippen molar-refractivity contribution in [3.05, 3.63) is 83.8 Å². The van der Waals surface area contributed by atoms with Gasteiger partial charge in [0, 0.05) is 43.0 Å². The number of hydrogen-bond donors (Lipinski definition) is 3. The molecule has 76 heavy (non-hydrogen) atoms. The summed E-state index contributed by atoms with van der Waals surface area (Å²) in [5.41, 5.74) is 9.05. The van der Waals surface area contributed by atoms with E-state index in [1.165, 1.54) is 75.5 Å². The first-order chi connectivity index (χ1) is 36.5. The minimum absolute atomic E-state index is 0.0525. The lowest BCUT2D eigenvalue weighted by Crippen LogP contribution is -2.37. The number of aromatic nitrogens is 3. The Balaban J connectivity index is 1.31. The molecule has 2 amide bonds. The summed E-state index contributed by atoms with van der Waals surface area (Å²) in [4.78, 5) is 77.4. The molecule has 0 saturated carbocycles. The van der Waals surface area contributed by atoms with E-state index in [9.17, 15) is 28.6 Å². The number of anilines is 2. The van der Waals surface area contributed by atoms with E-state index in [1.807, 2.05) is 51.8 Å². The number of benzene rings is 2. The van der Waals surface area contributed by atoms with Crippen LogP contribution in [0.25, 0.3) is 11.0 Å². The Morgan fingerprint density at radius 1 is 0.763 bits per heavy atom. The Morgan fingerprint density at radius 2 is 1.39 bits per heavy atom. The van der Waals surface area contributed by atoms with Crippen molar-refractivity contribution in [2.45, 2.75) is 148 Å². The molecule has 0 aliphatic rings. The van der Waals surface area contributed by atoms with Gasteiger partial charge in [-0.2, -0.15) is 4.99 Å². The van der Waals surface area contributed by atoms with Crippen LogP contribution < -0.4 is 16.0 Å². The molecule has 2 heterocycles. The summed E-state index contributed by atoms with van der Waals surface area (Å²) >= 11 is 0. The van der Waals surface area contributed by atoms with Gasteiger partial charge in [0.2, 0.25) is 0 Å². The number of aryl methyl sites for hydroxylation is 1. The van der Waals surface area contributed by atoms with Crippen LogP contribution in [0.2, 0.25) is 0 Å². The Labute approximate surface area is 450 Å². The van der Waals surface area contributed by atoms with Crippen molar-refractivity contribution in [1.29, 1.82) is 0 Å². The van der Waals surface area contributed by atoms with Crippen molar-refractivity contribution in [3.63, 3.8) is 0 Å². The number of unbranched alkanes of at least 4 members (excludes halogenated alkanes) is 15. The highest BCUT2D eigenvalue weighted by molar-refractivity contribution is 7.47. The van der Waals surface area contributed by atoms with Crippen LogP contribution in [0.15, 0.2) is 71.9 Å². The number of nitrogens with zero attached hydrogens (tertiary/aromatic N) is 6. The SMILES string of the molecule is CCCCCCCCCCCCCCCCCC(=O)OC(COC(=O)CCN(C(=O)c1ccc2c(c1)nc(CNc1ccc(/C(N)=N/C(=O)OCCCC)cc1)n2C)c1ccccn1)COP(=O)(O)OCC[N+](C)(C)C. The molecule has 2 unspecified atom stereocenters. The maximum absolute atomic E-state index is 14.3. The van der Waals surface area contributed by atoms with Gasteiger partial charge in [0.05, 0.1) is 58.4 Å². The second-order valence-corrected chi connectivity index (χ2v) is 21.6. The highest BCUT2D eigenvalue weighted by Gasteiger charge is 2.28. The molecule has 0 aliphatic carbocycles. The van der Waals surface area contributed by atoms with Crippen LogP contribution in [0.4, 0.5) is 16.3 Å². The number of carbonyl (C=O) groups is 4. The zero-order chi connectivity index (χ0) is 55.2. The highest BCUT2D eigenvalue weighted by atomic mass is 31.2. The largest absolute Gasteiger partial charge is 0.472 e. The molecule has 4 rings (SSSR count). The second kappa shape index (κ2) is 34.1. The number of fused-ring (bicyclic) bond motifs is 1. The Hall–Kier alpha value is -5.72. The van der Waals surface area contributed by atoms with Crippen molar-refractivity contribution in [1.82, 2.24) is 14.5 Å². The monoisotopic (exact) mass is 1080 g/mol. The molecule has 0 aliphatic heterocycles. The average molecular weight is 1080 g/mol. The van der Waals surface area contributed by atoms with Crippen LogP contribution in [0.3, 0.4) is 0 Å². The van der Waals surface area contributed by atoms with Crippen LogP contribution >= 0.6 is 7.82 Å². The van der Waals surface area contributed by atoms with E-state index in [-0.39, 0.29) is 38.4 Å². The number of quaternary nitrogens is 1. The molecule has 0 saturated heterocycles. The quantitative estimate of drug-likeness (QED) is 0.00720. The predicted molar refractivity (Wildman–Crippen MR) is 297 cm³/mol. The normalized spacial score (nSPS) is 13.0. The van der Waals surface area contributed by atoms with Crippen LogP contribution in [-0.2, 0) is 51.0 Å². The fourth-order valence-electron chi connectivity index (χ4n) is 8.08. The molecule has 420 valence electrons. The van der Waals surface area contributed by atoms with Crippen molar-refractivity contribution in [2.75, 3.05) is 70.9 Å². The molecule has 4 aromatic rings. The summed E-state index contributed by atoms with van der Waals surface area (Å²) in [6, 6.07) is 17.4. The third-order valence-electron chi connectivity index (χ3n) is 12.7. The minimum Gasteiger partial charge on any atom is -0.462 e. The van der Waals surface area contributed by atoms with Gasteiger partial charge in [0.25, 0.3) is 5.91 Å². The van der Waals surface area contributed by atoms with Gasteiger partial charge in [0.15, 0.2) is 6.10 Å². The van der Waals surface area contributed by atoms with E-state index in [1.54, 1.807) is 54.7 Å². The highest BCUT2D eigenvalue weighted by Crippen LogP contribution is 2.43. The number of phosphoric ester groups is 1. The van der Waals surface area contributed by atoms with E-state index in [0.717, 1.165) is 43.3 Å². The number of nitrogens with two attached hydrogens (primary N) is 1. The summed E-state index contributed by atoms with van der Waals surface area (Å²) in [5.74, 6) is -0.636. The Morgan fingerprint density at radius 3 is 2.01 bits per heavy atom. The van der Waals surface area contributed by atoms with Gasteiger partial charge < -0.3 is 39.2 Å². The Kier molecular flexibility index (Phi) is 28.2. The standard InChI is InChI=1S/C56H85N8O11P/c1-7-9-11-12-13-14-15-16-17-18-19-20-21-22-23-27-53(66)75-47(43-74-76(69,70)73-39-37-64(4,5)6)42-72-52(65)34-36-63(50-26-24-25-35-58-50)55(67)45-30-33-49-48(40-45)60-51(62(49)3)41-59-46-31-28-44(29-32-46)54(57)61-56(68)71-38-10-8-2/h24-26,28-33,35,40,47H,7-23,27,34,36-39,41-43H2,1-6H3,(H3-,57,59,61,68,69,70)/p+1. The number of nitrogens with one attached hydrogen (secondary N) is 1. The van der Waals surface area contributed by atoms with E-state index < -0.39 is 51.1 Å². The maximum Gasteiger partial charge on any atom is 0.472 e. The molecule has 0 bridgehead atoms. The number of imidazole rings is 1. The number of aliphatic imine (C=N–C) groups is 1. The van der Waals surface area contributed by atoms with Crippen molar-refractivity contribution in [3.8, 4) is 0 Å². The smallest absolute Gasteiger partial charge is 0.462 e. The third kappa shape index (κ3) is 24.5. The lowest BCUT2D eigenvalue weighted by Gasteiger charge is -2.24. The molecule has 4 N–H and O–H groups in total. The lowest BCUT2D eigenvalue weighted by molar-refractivity contribution is -0.870. The van der Waals surface area contributed by atoms with E-state index in [4.69, 9.17) is 34.0 Å². The van der Waals surface area contributed by atoms with Gasteiger partial charge in [-0.25, -0.2) is 19.3 Å². The topological polar surface area (TPSA) is 236 Å². The molecule has 19 nitrogen and oxygen atoms in total.